The molecule has 0 aliphatic heterocycles. The molecule has 0 bridgehead atoms. The van der Waals surface area contributed by atoms with E-state index in [9.17, 15) is 4.39 Å². The molecule has 18 heavy (non-hydrogen) atoms. The number of benzene rings is 1. The Hall–Kier alpha value is -1.09. The van der Waals surface area contributed by atoms with Gasteiger partial charge in [-0.3, -0.25) is 0 Å². The standard InChI is InChI=1S/C15H22FNO/c1-2-11-6-8-12(9-7-11)18-15-5-3-4-14(16)13(15)10-17/h3-5,11-12H,2,6-10,17H2,1H3. The molecule has 1 aromatic rings. The molecular weight excluding hydrogens is 229 g/mol. The summed E-state index contributed by atoms with van der Waals surface area (Å²) >= 11 is 0. The fourth-order valence-corrected chi connectivity index (χ4v) is 2.68. The van der Waals surface area contributed by atoms with Gasteiger partial charge < -0.3 is 10.5 Å². The molecular formula is C15H22FNO. The number of hydrogen-bond acceptors (Lipinski definition) is 2. The van der Waals surface area contributed by atoms with Gasteiger partial charge in [-0.2, -0.15) is 0 Å². The lowest BCUT2D eigenvalue weighted by Gasteiger charge is -2.29. The lowest BCUT2D eigenvalue weighted by Crippen LogP contribution is -2.24. The van der Waals surface area contributed by atoms with Crippen molar-refractivity contribution < 1.29 is 9.13 Å². The highest BCUT2D eigenvalue weighted by atomic mass is 19.1. The van der Waals surface area contributed by atoms with Crippen LogP contribution in [0, 0.1) is 11.7 Å². The quantitative estimate of drug-likeness (QED) is 0.886. The first-order valence-corrected chi connectivity index (χ1v) is 6.88. The first-order valence-electron chi connectivity index (χ1n) is 6.88. The van der Waals surface area contributed by atoms with Crippen LogP contribution in [0.15, 0.2) is 18.2 Å². The van der Waals surface area contributed by atoms with Gasteiger partial charge in [-0.1, -0.05) is 19.4 Å². The van der Waals surface area contributed by atoms with E-state index >= 15 is 0 Å². The van der Waals surface area contributed by atoms with E-state index in [-0.39, 0.29) is 18.5 Å². The third-order valence-electron chi connectivity index (χ3n) is 3.94. The maximum Gasteiger partial charge on any atom is 0.131 e. The minimum Gasteiger partial charge on any atom is -0.490 e. The van der Waals surface area contributed by atoms with E-state index in [1.165, 1.54) is 25.3 Å². The summed E-state index contributed by atoms with van der Waals surface area (Å²) in [5, 5.41) is 0. The molecule has 2 rings (SSSR count). The van der Waals surface area contributed by atoms with Gasteiger partial charge >= 0.3 is 0 Å². The maximum absolute atomic E-state index is 13.6. The van der Waals surface area contributed by atoms with E-state index in [4.69, 9.17) is 10.5 Å². The van der Waals surface area contributed by atoms with Gasteiger partial charge in [0.05, 0.1) is 6.10 Å². The summed E-state index contributed by atoms with van der Waals surface area (Å²) in [7, 11) is 0. The van der Waals surface area contributed by atoms with Gasteiger partial charge in [0, 0.05) is 12.1 Å². The Morgan fingerprint density at radius 1 is 1.28 bits per heavy atom. The predicted molar refractivity (Wildman–Crippen MR) is 71.0 cm³/mol. The van der Waals surface area contributed by atoms with Gasteiger partial charge in [-0.25, -0.2) is 4.39 Å². The zero-order chi connectivity index (χ0) is 13.0. The maximum atomic E-state index is 13.6. The minimum absolute atomic E-state index is 0.187. The van der Waals surface area contributed by atoms with Crippen LogP contribution in [0.3, 0.4) is 0 Å². The Kier molecular flexibility index (Phi) is 4.59. The number of halogens is 1. The zero-order valence-corrected chi connectivity index (χ0v) is 11.0. The molecule has 0 unspecified atom stereocenters. The number of hydrogen-bond donors (Lipinski definition) is 1. The second kappa shape index (κ2) is 6.19. The highest BCUT2D eigenvalue weighted by Crippen LogP contribution is 2.31. The molecule has 0 atom stereocenters. The molecule has 0 aromatic heterocycles. The van der Waals surface area contributed by atoms with Gasteiger partial charge in [-0.05, 0) is 43.7 Å². The monoisotopic (exact) mass is 251 g/mol. The summed E-state index contributed by atoms with van der Waals surface area (Å²) in [5.41, 5.74) is 6.08. The molecule has 1 saturated carbocycles. The Morgan fingerprint density at radius 3 is 2.61 bits per heavy atom. The summed E-state index contributed by atoms with van der Waals surface area (Å²) in [4.78, 5) is 0. The van der Waals surface area contributed by atoms with Gasteiger partial charge in [0.25, 0.3) is 0 Å². The number of nitrogens with two attached hydrogens (primary N) is 1. The van der Waals surface area contributed by atoms with Gasteiger partial charge in [-0.15, -0.1) is 0 Å². The summed E-state index contributed by atoms with van der Waals surface area (Å²) < 4.78 is 19.5. The van der Waals surface area contributed by atoms with Crippen molar-refractivity contribution in [1.29, 1.82) is 0 Å². The Labute approximate surface area is 108 Å². The molecule has 3 heteroatoms. The first kappa shape index (κ1) is 13.3. The van der Waals surface area contributed by atoms with Crippen LogP contribution in [0.5, 0.6) is 5.75 Å². The van der Waals surface area contributed by atoms with E-state index in [1.807, 2.05) is 6.07 Å². The van der Waals surface area contributed by atoms with Crippen molar-refractivity contribution in [2.45, 2.75) is 51.7 Å². The Balaban J connectivity index is 2.00. The average molecular weight is 251 g/mol. The van der Waals surface area contributed by atoms with Gasteiger partial charge in [0.2, 0.25) is 0 Å². The first-order chi connectivity index (χ1) is 8.74. The van der Waals surface area contributed by atoms with Crippen molar-refractivity contribution in [3.63, 3.8) is 0 Å². The highest BCUT2D eigenvalue weighted by Gasteiger charge is 2.22. The Bertz CT molecular complexity index is 386. The van der Waals surface area contributed by atoms with Crippen molar-refractivity contribution >= 4 is 0 Å². The zero-order valence-electron chi connectivity index (χ0n) is 11.0. The van der Waals surface area contributed by atoms with Crippen LogP contribution in [0.4, 0.5) is 4.39 Å². The molecule has 100 valence electrons. The lowest BCUT2D eigenvalue weighted by molar-refractivity contribution is 0.128. The summed E-state index contributed by atoms with van der Waals surface area (Å²) in [6, 6.07) is 4.93. The number of rotatable bonds is 4. The van der Waals surface area contributed by atoms with Crippen molar-refractivity contribution in [2.24, 2.45) is 11.7 Å². The molecule has 0 amide bonds. The van der Waals surface area contributed by atoms with Crippen LogP contribution in [0.1, 0.15) is 44.6 Å². The third-order valence-corrected chi connectivity index (χ3v) is 3.94. The molecule has 1 aliphatic carbocycles. The van der Waals surface area contributed by atoms with E-state index in [0.717, 1.165) is 18.8 Å². The summed E-state index contributed by atoms with van der Waals surface area (Å²) in [6.45, 7) is 2.43. The fraction of sp³-hybridized carbons (Fsp3) is 0.600. The second-order valence-corrected chi connectivity index (χ2v) is 5.09. The summed E-state index contributed by atoms with van der Waals surface area (Å²) in [6.07, 6.45) is 6.04. The predicted octanol–water partition coefficient (Wildman–Crippen LogP) is 3.63. The van der Waals surface area contributed by atoms with E-state index < -0.39 is 0 Å². The van der Waals surface area contributed by atoms with Crippen LogP contribution in [0.25, 0.3) is 0 Å². The van der Waals surface area contributed by atoms with Crippen LogP contribution in [-0.4, -0.2) is 6.10 Å². The van der Waals surface area contributed by atoms with Crippen molar-refractivity contribution in [1.82, 2.24) is 0 Å². The molecule has 0 heterocycles. The SMILES string of the molecule is CCC1CCC(Oc2cccc(F)c2CN)CC1. The molecule has 0 spiro atoms. The molecule has 0 radical (unpaired) electrons. The highest BCUT2D eigenvalue weighted by molar-refractivity contribution is 5.34. The van der Waals surface area contributed by atoms with Gasteiger partial charge in [0.15, 0.2) is 0 Å². The van der Waals surface area contributed by atoms with E-state index in [0.29, 0.717) is 11.3 Å². The topological polar surface area (TPSA) is 35.2 Å². The minimum atomic E-state index is -0.266. The van der Waals surface area contributed by atoms with Gasteiger partial charge in [0.1, 0.15) is 11.6 Å². The molecule has 1 aromatic carbocycles. The largest absolute Gasteiger partial charge is 0.490 e. The van der Waals surface area contributed by atoms with Crippen molar-refractivity contribution in [3.05, 3.63) is 29.6 Å². The molecule has 2 N–H and O–H groups in total. The second-order valence-electron chi connectivity index (χ2n) is 5.09. The van der Waals surface area contributed by atoms with Crippen molar-refractivity contribution in [2.75, 3.05) is 0 Å². The average Bonchev–Trinajstić information content (AvgIpc) is 2.40. The normalized spacial score (nSPS) is 23.9. The van der Waals surface area contributed by atoms with Crippen LogP contribution in [0.2, 0.25) is 0 Å². The van der Waals surface area contributed by atoms with Crippen LogP contribution < -0.4 is 10.5 Å². The molecule has 2 nitrogen and oxygen atoms in total. The molecule has 0 saturated heterocycles. The Morgan fingerprint density at radius 2 is 2.00 bits per heavy atom. The van der Waals surface area contributed by atoms with Crippen LogP contribution >= 0.6 is 0 Å². The van der Waals surface area contributed by atoms with Crippen molar-refractivity contribution in [3.8, 4) is 5.75 Å². The third kappa shape index (κ3) is 3.02. The van der Waals surface area contributed by atoms with E-state index in [2.05, 4.69) is 6.92 Å². The smallest absolute Gasteiger partial charge is 0.131 e. The number of ether oxygens (including phenoxy) is 1. The fourth-order valence-electron chi connectivity index (χ4n) is 2.68. The van der Waals surface area contributed by atoms with Crippen LogP contribution in [-0.2, 0) is 6.54 Å². The lowest BCUT2D eigenvalue weighted by atomic mass is 9.86. The van der Waals surface area contributed by atoms with E-state index in [1.54, 1.807) is 6.07 Å². The molecule has 1 aliphatic rings. The molecule has 1 fully saturated rings. The summed E-state index contributed by atoms with van der Waals surface area (Å²) in [5.74, 6) is 1.20.